The van der Waals surface area contributed by atoms with Crippen LogP contribution in [0.1, 0.15) is 31.9 Å². The summed E-state index contributed by atoms with van der Waals surface area (Å²) in [6.07, 6.45) is 2.27. The average molecular weight is 360 g/mol. The molecule has 0 saturated carbocycles. The summed E-state index contributed by atoms with van der Waals surface area (Å²) in [5, 5.41) is 0. The number of piperidine rings is 1. The van der Waals surface area contributed by atoms with E-state index in [1.165, 1.54) is 0 Å². The van der Waals surface area contributed by atoms with E-state index in [0.717, 1.165) is 44.0 Å². The third-order valence-electron chi connectivity index (χ3n) is 5.20. The van der Waals surface area contributed by atoms with Crippen molar-refractivity contribution in [1.82, 2.24) is 19.8 Å². The number of nitrogens with two attached hydrogens (primary N) is 1. The van der Waals surface area contributed by atoms with E-state index in [1.807, 2.05) is 29.7 Å². The van der Waals surface area contributed by atoms with Crippen LogP contribution in [0.15, 0.2) is 6.07 Å². The maximum absolute atomic E-state index is 12.9. The molecule has 2 aliphatic rings. The number of aryl methyl sites for hydroxylation is 1. The highest BCUT2D eigenvalue weighted by Gasteiger charge is 2.32. The summed E-state index contributed by atoms with van der Waals surface area (Å²) < 4.78 is 0. The quantitative estimate of drug-likeness (QED) is 0.851. The number of amides is 2. The smallest absolute Gasteiger partial charge is 0.227 e. The van der Waals surface area contributed by atoms with Gasteiger partial charge in [-0.25, -0.2) is 4.98 Å². The highest BCUT2D eigenvalue weighted by atomic mass is 16.2. The van der Waals surface area contributed by atoms with Gasteiger partial charge >= 0.3 is 0 Å². The standard InChI is InChI=1S/C18H28N6O2/c1-3-16(25)24-6-4-5-14(12-24)17(26)23-9-7-22(8-10-23)15-11-13(2)20-18(19)21-15/h11,14H,3-10,12H2,1-2H3,(H2,19,20,21). The minimum Gasteiger partial charge on any atom is -0.368 e. The zero-order valence-corrected chi connectivity index (χ0v) is 15.6. The summed E-state index contributed by atoms with van der Waals surface area (Å²) >= 11 is 0. The Kier molecular flexibility index (Phi) is 5.58. The first-order valence-electron chi connectivity index (χ1n) is 9.40. The van der Waals surface area contributed by atoms with E-state index in [1.54, 1.807) is 0 Å². The van der Waals surface area contributed by atoms with Gasteiger partial charge in [0.25, 0.3) is 0 Å². The Hall–Kier alpha value is -2.38. The van der Waals surface area contributed by atoms with Gasteiger partial charge in [-0.3, -0.25) is 9.59 Å². The largest absolute Gasteiger partial charge is 0.368 e. The van der Waals surface area contributed by atoms with Gasteiger partial charge in [0, 0.05) is 57.4 Å². The highest BCUT2D eigenvalue weighted by Crippen LogP contribution is 2.22. The van der Waals surface area contributed by atoms with Crippen molar-refractivity contribution < 1.29 is 9.59 Å². The van der Waals surface area contributed by atoms with Gasteiger partial charge in [-0.05, 0) is 19.8 Å². The van der Waals surface area contributed by atoms with Crippen LogP contribution in [0.25, 0.3) is 0 Å². The van der Waals surface area contributed by atoms with Crippen LogP contribution in [-0.4, -0.2) is 70.9 Å². The maximum atomic E-state index is 12.9. The molecule has 0 bridgehead atoms. The van der Waals surface area contributed by atoms with E-state index >= 15 is 0 Å². The Morgan fingerprint density at radius 3 is 2.54 bits per heavy atom. The molecule has 3 rings (SSSR count). The SMILES string of the molecule is CCC(=O)N1CCCC(C(=O)N2CCN(c3cc(C)nc(N)n3)CC2)C1. The molecule has 8 nitrogen and oxygen atoms in total. The lowest BCUT2D eigenvalue weighted by molar-refractivity contribution is -0.141. The van der Waals surface area contributed by atoms with Crippen LogP contribution in [0.4, 0.5) is 11.8 Å². The van der Waals surface area contributed by atoms with Gasteiger partial charge in [0.05, 0.1) is 5.92 Å². The van der Waals surface area contributed by atoms with Gasteiger partial charge in [-0.1, -0.05) is 6.92 Å². The Balaban J connectivity index is 1.57. The molecule has 1 aromatic rings. The molecule has 2 amide bonds. The lowest BCUT2D eigenvalue weighted by atomic mass is 9.96. The topological polar surface area (TPSA) is 95.7 Å². The lowest BCUT2D eigenvalue weighted by Gasteiger charge is -2.39. The molecule has 0 radical (unpaired) electrons. The van der Waals surface area contributed by atoms with Crippen molar-refractivity contribution >= 4 is 23.6 Å². The summed E-state index contributed by atoms with van der Waals surface area (Å²) in [7, 11) is 0. The highest BCUT2D eigenvalue weighted by molar-refractivity contribution is 5.81. The molecule has 26 heavy (non-hydrogen) atoms. The van der Waals surface area contributed by atoms with E-state index < -0.39 is 0 Å². The van der Waals surface area contributed by atoms with Gasteiger partial charge < -0.3 is 20.4 Å². The van der Waals surface area contributed by atoms with Crippen molar-refractivity contribution in [3.63, 3.8) is 0 Å². The van der Waals surface area contributed by atoms with E-state index in [0.29, 0.717) is 26.1 Å². The fourth-order valence-corrected chi connectivity index (χ4v) is 3.78. The van der Waals surface area contributed by atoms with Crippen molar-refractivity contribution in [2.75, 3.05) is 49.9 Å². The number of carbonyl (C=O) groups excluding carboxylic acids is 2. The second-order valence-electron chi connectivity index (χ2n) is 7.07. The molecule has 2 N–H and O–H groups in total. The number of nitrogen functional groups attached to an aromatic ring is 1. The monoisotopic (exact) mass is 360 g/mol. The molecule has 2 saturated heterocycles. The second-order valence-corrected chi connectivity index (χ2v) is 7.07. The molecule has 142 valence electrons. The van der Waals surface area contributed by atoms with Crippen LogP contribution in [0.2, 0.25) is 0 Å². The van der Waals surface area contributed by atoms with Gasteiger partial charge in [-0.2, -0.15) is 4.98 Å². The molecule has 1 unspecified atom stereocenters. The number of anilines is 2. The zero-order valence-electron chi connectivity index (χ0n) is 15.6. The fourth-order valence-electron chi connectivity index (χ4n) is 3.78. The number of hydrogen-bond donors (Lipinski definition) is 1. The minimum absolute atomic E-state index is 0.0669. The molecule has 3 heterocycles. The van der Waals surface area contributed by atoms with Crippen LogP contribution in [0.3, 0.4) is 0 Å². The number of nitrogens with zero attached hydrogens (tertiary/aromatic N) is 5. The third kappa shape index (κ3) is 4.05. The van der Waals surface area contributed by atoms with E-state index in [9.17, 15) is 9.59 Å². The first kappa shape index (κ1) is 18.4. The first-order valence-corrected chi connectivity index (χ1v) is 9.40. The maximum Gasteiger partial charge on any atom is 0.227 e. The first-order chi connectivity index (χ1) is 12.5. The Morgan fingerprint density at radius 1 is 1.15 bits per heavy atom. The molecule has 2 fully saturated rings. The summed E-state index contributed by atoms with van der Waals surface area (Å²) in [5.41, 5.74) is 6.58. The van der Waals surface area contributed by atoms with Crippen LogP contribution in [0.5, 0.6) is 0 Å². The Morgan fingerprint density at radius 2 is 1.88 bits per heavy atom. The fraction of sp³-hybridized carbons (Fsp3) is 0.667. The molecule has 1 aromatic heterocycles. The van der Waals surface area contributed by atoms with Crippen molar-refractivity contribution in [2.24, 2.45) is 5.92 Å². The zero-order chi connectivity index (χ0) is 18.7. The van der Waals surface area contributed by atoms with Crippen LogP contribution >= 0.6 is 0 Å². The molecule has 1 atom stereocenters. The third-order valence-corrected chi connectivity index (χ3v) is 5.20. The van der Waals surface area contributed by atoms with E-state index in [2.05, 4.69) is 14.9 Å². The number of aromatic nitrogens is 2. The Labute approximate surface area is 154 Å². The van der Waals surface area contributed by atoms with Gasteiger partial charge in [-0.15, -0.1) is 0 Å². The van der Waals surface area contributed by atoms with Crippen LogP contribution < -0.4 is 10.6 Å². The Bertz CT molecular complexity index is 651. The summed E-state index contributed by atoms with van der Waals surface area (Å²) in [6, 6.07) is 1.92. The van der Waals surface area contributed by atoms with Crippen molar-refractivity contribution in [3.05, 3.63) is 11.8 Å². The van der Waals surface area contributed by atoms with Gasteiger partial charge in [0.2, 0.25) is 17.8 Å². The minimum atomic E-state index is -0.0669. The molecule has 0 aliphatic carbocycles. The van der Waals surface area contributed by atoms with Gasteiger partial charge in [0.1, 0.15) is 5.82 Å². The van der Waals surface area contributed by atoms with Crippen molar-refractivity contribution in [1.29, 1.82) is 0 Å². The van der Waals surface area contributed by atoms with Gasteiger partial charge in [0.15, 0.2) is 0 Å². The predicted octanol–water partition coefficient (Wildman–Crippen LogP) is 0.664. The molecule has 8 heteroatoms. The van der Waals surface area contributed by atoms with Crippen molar-refractivity contribution in [2.45, 2.75) is 33.1 Å². The lowest BCUT2D eigenvalue weighted by Crippen LogP contribution is -2.53. The average Bonchev–Trinajstić information content (AvgIpc) is 2.66. The number of piperazine rings is 1. The van der Waals surface area contributed by atoms with E-state index in [-0.39, 0.29) is 23.7 Å². The second kappa shape index (κ2) is 7.88. The number of hydrogen-bond acceptors (Lipinski definition) is 6. The summed E-state index contributed by atoms with van der Waals surface area (Å²) in [6.45, 7) is 7.90. The van der Waals surface area contributed by atoms with E-state index in [4.69, 9.17) is 5.73 Å². The molecular formula is C18H28N6O2. The summed E-state index contributed by atoms with van der Waals surface area (Å²) in [4.78, 5) is 39.1. The van der Waals surface area contributed by atoms with Crippen LogP contribution in [-0.2, 0) is 9.59 Å². The number of rotatable bonds is 3. The number of carbonyl (C=O) groups is 2. The van der Waals surface area contributed by atoms with Crippen LogP contribution in [0, 0.1) is 12.8 Å². The predicted molar refractivity (Wildman–Crippen MR) is 99.6 cm³/mol. The normalized spacial score (nSPS) is 21.0. The number of likely N-dealkylation sites (tertiary alicyclic amines) is 1. The molecule has 0 spiro atoms. The summed E-state index contributed by atoms with van der Waals surface area (Å²) in [5.74, 6) is 1.35. The van der Waals surface area contributed by atoms with Crippen molar-refractivity contribution in [3.8, 4) is 0 Å². The molecule has 0 aromatic carbocycles. The molecule has 2 aliphatic heterocycles. The molecular weight excluding hydrogens is 332 g/mol.